The molecule has 1 saturated heterocycles. The van der Waals surface area contributed by atoms with Gasteiger partial charge in [0.15, 0.2) is 5.79 Å². The summed E-state index contributed by atoms with van der Waals surface area (Å²) < 4.78 is 11.5. The summed E-state index contributed by atoms with van der Waals surface area (Å²) in [6.07, 6.45) is 5.11. The monoisotopic (exact) mass is 390 g/mol. The maximum atomic E-state index is 13.0. The highest BCUT2D eigenvalue weighted by Crippen LogP contribution is 2.37. The molecule has 0 spiro atoms. The smallest absolute Gasteiger partial charge is 0.227 e. The first-order chi connectivity index (χ1) is 13.4. The number of carbonyl (C=O) groups is 1. The van der Waals surface area contributed by atoms with Crippen molar-refractivity contribution in [3.8, 4) is 5.75 Å². The Kier molecular flexibility index (Phi) is 6.63. The third-order valence-electron chi connectivity index (χ3n) is 6.66. The molecular formula is C22H34N2O4. The topological polar surface area (TPSA) is 62.2 Å². The number of phenols is 1. The second-order valence-electron chi connectivity index (χ2n) is 8.24. The number of benzene rings is 1. The number of ether oxygens (including phenoxy) is 2. The van der Waals surface area contributed by atoms with E-state index in [-0.39, 0.29) is 23.7 Å². The molecule has 2 aliphatic rings. The number of hydrogen-bond donors (Lipinski definition) is 1. The Labute approximate surface area is 168 Å². The van der Waals surface area contributed by atoms with Crippen LogP contribution in [0.3, 0.4) is 0 Å². The fourth-order valence-electron chi connectivity index (χ4n) is 4.72. The van der Waals surface area contributed by atoms with E-state index >= 15 is 0 Å². The van der Waals surface area contributed by atoms with E-state index in [9.17, 15) is 9.90 Å². The summed E-state index contributed by atoms with van der Waals surface area (Å²) in [6.45, 7) is 3.99. The van der Waals surface area contributed by atoms with E-state index in [0.29, 0.717) is 6.42 Å². The first-order valence-corrected chi connectivity index (χ1v) is 10.3. The van der Waals surface area contributed by atoms with Crippen LogP contribution in [-0.4, -0.2) is 73.0 Å². The van der Waals surface area contributed by atoms with E-state index in [2.05, 4.69) is 4.90 Å². The molecule has 3 rings (SSSR count). The normalized spacial score (nSPS) is 25.0. The zero-order valence-corrected chi connectivity index (χ0v) is 17.6. The summed E-state index contributed by atoms with van der Waals surface area (Å²) in [5.41, 5.74) is 1.66. The van der Waals surface area contributed by atoms with Gasteiger partial charge in [-0.1, -0.05) is 12.1 Å². The second-order valence-corrected chi connectivity index (χ2v) is 8.24. The Morgan fingerprint density at radius 2 is 1.96 bits per heavy atom. The lowest BCUT2D eigenvalue weighted by Crippen LogP contribution is -2.59. The number of carbonyl (C=O) groups excluding carboxylic acids is 1. The van der Waals surface area contributed by atoms with Crippen LogP contribution in [0.15, 0.2) is 18.2 Å². The first kappa shape index (κ1) is 21.1. The summed E-state index contributed by atoms with van der Waals surface area (Å²) in [6, 6.07) is 5.85. The van der Waals surface area contributed by atoms with Crippen LogP contribution in [0, 0.1) is 6.92 Å². The highest BCUT2D eigenvalue weighted by molar-refractivity contribution is 5.79. The van der Waals surface area contributed by atoms with Gasteiger partial charge in [0.25, 0.3) is 0 Å². The lowest BCUT2D eigenvalue weighted by Gasteiger charge is -2.48. The van der Waals surface area contributed by atoms with Crippen LogP contribution < -0.4 is 0 Å². The molecule has 0 bridgehead atoms. The number of aryl methyl sites for hydroxylation is 1. The van der Waals surface area contributed by atoms with Crippen LogP contribution in [0.4, 0.5) is 0 Å². The summed E-state index contributed by atoms with van der Waals surface area (Å²) in [5.74, 6) is -0.235. The molecule has 2 fully saturated rings. The largest absolute Gasteiger partial charge is 0.508 e. The zero-order valence-electron chi connectivity index (χ0n) is 17.6. The van der Waals surface area contributed by atoms with Gasteiger partial charge in [0, 0.05) is 46.2 Å². The van der Waals surface area contributed by atoms with Gasteiger partial charge in [-0.15, -0.1) is 0 Å². The molecule has 0 radical (unpaired) electrons. The average molecular weight is 391 g/mol. The molecular weight excluding hydrogens is 356 g/mol. The Bertz CT molecular complexity index is 683. The fourth-order valence-corrected chi connectivity index (χ4v) is 4.72. The minimum absolute atomic E-state index is 0.0831. The molecule has 2 unspecified atom stereocenters. The Hall–Kier alpha value is -1.63. The van der Waals surface area contributed by atoms with Crippen LogP contribution in [0.25, 0.3) is 0 Å². The van der Waals surface area contributed by atoms with Gasteiger partial charge in [-0.05, 0) is 56.5 Å². The van der Waals surface area contributed by atoms with Crippen molar-refractivity contribution >= 4 is 5.91 Å². The van der Waals surface area contributed by atoms with Crippen molar-refractivity contribution in [1.29, 1.82) is 0 Å². The summed E-state index contributed by atoms with van der Waals surface area (Å²) in [5, 5.41) is 9.94. The summed E-state index contributed by atoms with van der Waals surface area (Å²) in [7, 11) is 5.34. The van der Waals surface area contributed by atoms with Gasteiger partial charge < -0.3 is 19.5 Å². The van der Waals surface area contributed by atoms with E-state index in [0.717, 1.165) is 43.5 Å². The van der Waals surface area contributed by atoms with Crippen molar-refractivity contribution in [2.45, 2.75) is 63.3 Å². The third-order valence-corrected chi connectivity index (χ3v) is 6.66. The van der Waals surface area contributed by atoms with Crippen molar-refractivity contribution in [2.75, 3.05) is 34.4 Å². The van der Waals surface area contributed by atoms with Gasteiger partial charge in [0.1, 0.15) is 5.75 Å². The van der Waals surface area contributed by atoms with Gasteiger partial charge in [0.05, 0.1) is 6.42 Å². The standard InChI is InChI=1S/C22H34N2O4/c1-16-7-8-17(13-20(16)25)14-21(26)23(2)18-9-10-22(27-3,28-4)15-19(18)24-11-5-6-12-24/h7-8,13,18-19,25H,5-6,9-12,14-15H2,1-4H3. The van der Waals surface area contributed by atoms with E-state index in [1.54, 1.807) is 20.3 Å². The number of likely N-dealkylation sites (tertiary alicyclic amines) is 1. The van der Waals surface area contributed by atoms with Gasteiger partial charge in [-0.2, -0.15) is 0 Å². The van der Waals surface area contributed by atoms with Gasteiger partial charge in [-0.3, -0.25) is 9.69 Å². The molecule has 1 aromatic rings. The molecule has 1 aliphatic carbocycles. The maximum Gasteiger partial charge on any atom is 0.227 e. The molecule has 1 heterocycles. The van der Waals surface area contributed by atoms with E-state index in [4.69, 9.17) is 9.47 Å². The number of phenolic OH excluding ortho intramolecular Hbond substituents is 1. The number of nitrogens with zero attached hydrogens (tertiary/aromatic N) is 2. The number of aromatic hydroxyl groups is 1. The SMILES string of the molecule is COC1(OC)CCC(N(C)C(=O)Cc2ccc(C)c(O)c2)C(N2CCCC2)C1. The summed E-state index contributed by atoms with van der Waals surface area (Å²) in [4.78, 5) is 17.4. The Balaban J connectivity index is 1.74. The summed E-state index contributed by atoms with van der Waals surface area (Å²) >= 11 is 0. The Morgan fingerprint density at radius 1 is 1.29 bits per heavy atom. The molecule has 6 heteroatoms. The Morgan fingerprint density at radius 3 is 2.57 bits per heavy atom. The van der Waals surface area contributed by atoms with Crippen LogP contribution in [0.5, 0.6) is 5.75 Å². The van der Waals surface area contributed by atoms with Gasteiger partial charge in [-0.25, -0.2) is 0 Å². The predicted molar refractivity (Wildman–Crippen MR) is 108 cm³/mol. The van der Waals surface area contributed by atoms with Crippen molar-refractivity contribution in [1.82, 2.24) is 9.80 Å². The van der Waals surface area contributed by atoms with Gasteiger partial charge in [0.2, 0.25) is 5.91 Å². The van der Waals surface area contributed by atoms with Crippen LogP contribution >= 0.6 is 0 Å². The maximum absolute atomic E-state index is 13.0. The highest BCUT2D eigenvalue weighted by Gasteiger charge is 2.46. The highest BCUT2D eigenvalue weighted by atomic mass is 16.7. The van der Waals surface area contributed by atoms with Crippen molar-refractivity contribution in [3.05, 3.63) is 29.3 Å². The molecule has 2 atom stereocenters. The molecule has 1 aromatic carbocycles. The molecule has 1 amide bonds. The predicted octanol–water partition coefficient (Wildman–Crippen LogP) is 2.71. The first-order valence-electron chi connectivity index (χ1n) is 10.3. The van der Waals surface area contributed by atoms with E-state index < -0.39 is 5.79 Å². The molecule has 28 heavy (non-hydrogen) atoms. The second kappa shape index (κ2) is 8.80. The number of hydrogen-bond acceptors (Lipinski definition) is 5. The van der Waals surface area contributed by atoms with Gasteiger partial charge >= 0.3 is 0 Å². The number of amides is 1. The molecule has 6 nitrogen and oxygen atoms in total. The van der Waals surface area contributed by atoms with Crippen LogP contribution in [-0.2, 0) is 20.7 Å². The van der Waals surface area contributed by atoms with Crippen molar-refractivity contribution in [3.63, 3.8) is 0 Å². The average Bonchev–Trinajstić information content (AvgIpc) is 3.24. The number of methoxy groups -OCH3 is 2. The fraction of sp³-hybridized carbons (Fsp3) is 0.682. The number of rotatable bonds is 6. The van der Waals surface area contributed by atoms with Crippen molar-refractivity contribution < 1.29 is 19.4 Å². The van der Waals surface area contributed by atoms with E-state index in [1.165, 1.54) is 12.8 Å². The minimum Gasteiger partial charge on any atom is -0.508 e. The van der Waals surface area contributed by atoms with Crippen LogP contribution in [0.2, 0.25) is 0 Å². The molecule has 1 N–H and O–H groups in total. The van der Waals surface area contributed by atoms with Crippen LogP contribution in [0.1, 0.15) is 43.2 Å². The molecule has 1 saturated carbocycles. The lowest BCUT2D eigenvalue weighted by molar-refractivity contribution is -0.238. The van der Waals surface area contributed by atoms with Crippen molar-refractivity contribution in [2.24, 2.45) is 0 Å². The third kappa shape index (κ3) is 4.34. The molecule has 1 aliphatic heterocycles. The molecule has 156 valence electrons. The minimum atomic E-state index is -0.559. The number of likely N-dealkylation sites (N-methyl/N-ethyl adjacent to an activating group) is 1. The quantitative estimate of drug-likeness (QED) is 0.757. The molecule has 0 aromatic heterocycles. The lowest BCUT2D eigenvalue weighted by atomic mass is 9.83. The van der Waals surface area contributed by atoms with E-state index in [1.807, 2.05) is 31.0 Å². The zero-order chi connectivity index (χ0) is 20.3.